The minimum absolute atomic E-state index is 0.276. The SMILES string of the molecule is COC(=O)c1ccc(NC2CCCCC2C(C)C)c(C)c1. The van der Waals surface area contributed by atoms with Gasteiger partial charge in [-0.15, -0.1) is 0 Å². The van der Waals surface area contributed by atoms with E-state index in [9.17, 15) is 4.79 Å². The molecule has 0 aromatic heterocycles. The summed E-state index contributed by atoms with van der Waals surface area (Å²) in [7, 11) is 1.42. The van der Waals surface area contributed by atoms with Crippen LogP contribution in [0.25, 0.3) is 0 Å². The molecule has 2 atom stereocenters. The van der Waals surface area contributed by atoms with Crippen molar-refractivity contribution < 1.29 is 9.53 Å². The first-order valence-corrected chi connectivity index (χ1v) is 7.98. The lowest BCUT2D eigenvalue weighted by atomic mass is 9.77. The molecule has 2 unspecified atom stereocenters. The van der Waals surface area contributed by atoms with Gasteiger partial charge in [0.05, 0.1) is 12.7 Å². The van der Waals surface area contributed by atoms with Crippen LogP contribution in [0, 0.1) is 18.8 Å². The van der Waals surface area contributed by atoms with Gasteiger partial charge in [-0.25, -0.2) is 4.79 Å². The monoisotopic (exact) mass is 289 g/mol. The van der Waals surface area contributed by atoms with Crippen molar-refractivity contribution >= 4 is 11.7 Å². The van der Waals surface area contributed by atoms with Crippen molar-refractivity contribution in [2.75, 3.05) is 12.4 Å². The molecule has 0 bridgehead atoms. The van der Waals surface area contributed by atoms with Crippen LogP contribution < -0.4 is 5.32 Å². The first-order chi connectivity index (χ1) is 10.0. The summed E-state index contributed by atoms with van der Waals surface area (Å²) >= 11 is 0. The summed E-state index contributed by atoms with van der Waals surface area (Å²) in [4.78, 5) is 11.6. The molecule has 0 aliphatic heterocycles. The van der Waals surface area contributed by atoms with Crippen molar-refractivity contribution in [3.05, 3.63) is 29.3 Å². The summed E-state index contributed by atoms with van der Waals surface area (Å²) in [6.07, 6.45) is 5.21. The molecule has 1 aliphatic carbocycles. The van der Waals surface area contributed by atoms with Crippen LogP contribution in [0.4, 0.5) is 5.69 Å². The van der Waals surface area contributed by atoms with Crippen molar-refractivity contribution in [2.45, 2.75) is 52.5 Å². The zero-order valence-electron chi connectivity index (χ0n) is 13.6. The molecule has 0 saturated heterocycles. The number of carbonyl (C=O) groups excluding carboxylic acids is 1. The molecule has 1 N–H and O–H groups in total. The molecule has 1 saturated carbocycles. The second-order valence-electron chi connectivity index (χ2n) is 6.46. The van der Waals surface area contributed by atoms with Gasteiger partial charge in [0.2, 0.25) is 0 Å². The van der Waals surface area contributed by atoms with E-state index in [0.717, 1.165) is 17.2 Å². The number of carbonyl (C=O) groups is 1. The molecule has 21 heavy (non-hydrogen) atoms. The molecule has 0 heterocycles. The highest BCUT2D eigenvalue weighted by molar-refractivity contribution is 5.90. The van der Waals surface area contributed by atoms with Crippen LogP contribution in [0.5, 0.6) is 0 Å². The van der Waals surface area contributed by atoms with Gasteiger partial charge < -0.3 is 10.1 Å². The lowest BCUT2D eigenvalue weighted by Crippen LogP contribution is -2.35. The second-order valence-corrected chi connectivity index (χ2v) is 6.46. The molecule has 2 rings (SSSR count). The molecule has 1 aliphatic rings. The third-order valence-corrected chi connectivity index (χ3v) is 4.66. The van der Waals surface area contributed by atoms with Gasteiger partial charge in [-0.1, -0.05) is 26.7 Å². The largest absolute Gasteiger partial charge is 0.465 e. The third-order valence-electron chi connectivity index (χ3n) is 4.66. The molecular weight excluding hydrogens is 262 g/mol. The van der Waals surface area contributed by atoms with E-state index in [1.807, 2.05) is 25.1 Å². The molecule has 3 nitrogen and oxygen atoms in total. The Bertz CT molecular complexity index is 496. The Kier molecular flexibility index (Phi) is 5.27. The zero-order valence-corrected chi connectivity index (χ0v) is 13.6. The number of rotatable bonds is 4. The van der Waals surface area contributed by atoms with E-state index >= 15 is 0 Å². The van der Waals surface area contributed by atoms with Gasteiger partial charge in [0.1, 0.15) is 0 Å². The number of aryl methyl sites for hydroxylation is 1. The predicted molar refractivity (Wildman–Crippen MR) is 86.7 cm³/mol. The Morgan fingerprint density at radius 3 is 2.62 bits per heavy atom. The van der Waals surface area contributed by atoms with Crippen LogP contribution in [0.3, 0.4) is 0 Å². The maximum Gasteiger partial charge on any atom is 0.337 e. The average Bonchev–Trinajstić information content (AvgIpc) is 2.48. The third kappa shape index (κ3) is 3.78. The van der Waals surface area contributed by atoms with Gasteiger partial charge in [0.15, 0.2) is 0 Å². The minimum Gasteiger partial charge on any atom is -0.465 e. The molecular formula is C18H27NO2. The summed E-state index contributed by atoms with van der Waals surface area (Å²) in [5, 5.41) is 3.71. The highest BCUT2D eigenvalue weighted by Crippen LogP contribution is 2.33. The molecule has 1 fully saturated rings. The summed E-state index contributed by atoms with van der Waals surface area (Å²) in [5.41, 5.74) is 2.86. The lowest BCUT2D eigenvalue weighted by molar-refractivity contribution is 0.0600. The van der Waals surface area contributed by atoms with Gasteiger partial charge >= 0.3 is 5.97 Å². The number of ether oxygens (including phenoxy) is 1. The molecule has 3 heteroatoms. The quantitative estimate of drug-likeness (QED) is 0.834. The number of anilines is 1. The smallest absolute Gasteiger partial charge is 0.337 e. The maximum atomic E-state index is 11.6. The molecule has 0 radical (unpaired) electrons. The summed E-state index contributed by atoms with van der Waals surface area (Å²) < 4.78 is 4.77. The minimum atomic E-state index is -0.276. The van der Waals surface area contributed by atoms with Crippen LogP contribution in [0.15, 0.2) is 18.2 Å². The molecule has 116 valence electrons. The van der Waals surface area contributed by atoms with Crippen molar-refractivity contribution in [3.8, 4) is 0 Å². The number of esters is 1. The van der Waals surface area contributed by atoms with E-state index in [1.165, 1.54) is 32.8 Å². The van der Waals surface area contributed by atoms with E-state index in [0.29, 0.717) is 17.5 Å². The Morgan fingerprint density at radius 2 is 2.00 bits per heavy atom. The van der Waals surface area contributed by atoms with Crippen molar-refractivity contribution in [1.82, 2.24) is 0 Å². The standard InChI is InChI=1S/C18H27NO2/c1-12(2)15-7-5-6-8-17(15)19-16-10-9-14(11-13(16)3)18(20)21-4/h9-12,15,17,19H,5-8H2,1-4H3. The highest BCUT2D eigenvalue weighted by Gasteiger charge is 2.27. The number of methoxy groups -OCH3 is 1. The first kappa shape index (κ1) is 15.9. The second kappa shape index (κ2) is 6.97. The van der Waals surface area contributed by atoms with Gasteiger partial charge in [-0.05, 0) is 55.4 Å². The van der Waals surface area contributed by atoms with Crippen molar-refractivity contribution in [3.63, 3.8) is 0 Å². The van der Waals surface area contributed by atoms with E-state index in [-0.39, 0.29) is 5.97 Å². The van der Waals surface area contributed by atoms with Gasteiger partial charge in [0.25, 0.3) is 0 Å². The van der Waals surface area contributed by atoms with E-state index < -0.39 is 0 Å². The lowest BCUT2D eigenvalue weighted by Gasteiger charge is -2.36. The molecule has 0 amide bonds. The van der Waals surface area contributed by atoms with Crippen molar-refractivity contribution in [2.24, 2.45) is 11.8 Å². The Morgan fingerprint density at radius 1 is 1.29 bits per heavy atom. The Labute approximate surface area is 128 Å². The van der Waals surface area contributed by atoms with Gasteiger partial charge in [0, 0.05) is 11.7 Å². The number of hydrogen-bond acceptors (Lipinski definition) is 3. The highest BCUT2D eigenvalue weighted by atomic mass is 16.5. The molecule has 1 aromatic carbocycles. The topological polar surface area (TPSA) is 38.3 Å². The molecule has 1 aromatic rings. The number of nitrogens with one attached hydrogen (secondary N) is 1. The summed E-state index contributed by atoms with van der Waals surface area (Å²) in [5.74, 6) is 1.17. The normalized spacial score (nSPS) is 22.1. The van der Waals surface area contributed by atoms with Crippen LogP contribution >= 0.6 is 0 Å². The summed E-state index contributed by atoms with van der Waals surface area (Å²) in [6, 6.07) is 6.30. The number of hydrogen-bond donors (Lipinski definition) is 1. The van der Waals surface area contributed by atoms with Gasteiger partial charge in [-0.3, -0.25) is 0 Å². The fraction of sp³-hybridized carbons (Fsp3) is 0.611. The zero-order chi connectivity index (χ0) is 15.4. The van der Waals surface area contributed by atoms with Gasteiger partial charge in [-0.2, -0.15) is 0 Å². The van der Waals surface area contributed by atoms with Crippen LogP contribution in [-0.4, -0.2) is 19.1 Å². The van der Waals surface area contributed by atoms with Crippen LogP contribution in [0.1, 0.15) is 55.5 Å². The summed E-state index contributed by atoms with van der Waals surface area (Å²) in [6.45, 7) is 6.68. The molecule has 0 spiro atoms. The average molecular weight is 289 g/mol. The predicted octanol–water partition coefficient (Wildman–Crippen LogP) is 4.41. The first-order valence-electron chi connectivity index (χ1n) is 7.98. The maximum absolute atomic E-state index is 11.6. The van der Waals surface area contributed by atoms with Crippen LogP contribution in [-0.2, 0) is 4.74 Å². The number of benzene rings is 1. The Balaban J connectivity index is 2.13. The fourth-order valence-corrected chi connectivity index (χ4v) is 3.41. The van der Waals surface area contributed by atoms with Crippen LogP contribution in [0.2, 0.25) is 0 Å². The fourth-order valence-electron chi connectivity index (χ4n) is 3.41. The van der Waals surface area contributed by atoms with E-state index in [4.69, 9.17) is 4.74 Å². The van der Waals surface area contributed by atoms with E-state index in [1.54, 1.807) is 0 Å². The van der Waals surface area contributed by atoms with Crippen molar-refractivity contribution in [1.29, 1.82) is 0 Å². The van der Waals surface area contributed by atoms with E-state index in [2.05, 4.69) is 19.2 Å². The Hall–Kier alpha value is -1.51.